The topological polar surface area (TPSA) is 56.7 Å². The minimum absolute atomic E-state index is 0.619. The van der Waals surface area contributed by atoms with Crippen LogP contribution >= 0.6 is 23.4 Å². The summed E-state index contributed by atoms with van der Waals surface area (Å²) in [6, 6.07) is 5.82. The maximum absolute atomic E-state index is 6.06. The van der Waals surface area contributed by atoms with Gasteiger partial charge in [-0.25, -0.2) is 4.98 Å². The first-order chi connectivity index (χ1) is 10.7. The average Bonchev–Trinajstić information content (AvgIpc) is 3.10. The zero-order valence-corrected chi connectivity index (χ0v) is 14.1. The standard InChI is InChI=1S/C15H17ClN4OS/c1-3-7-20-12-6-5-10(16)8-11(12)17-15(20)22-9-14-19-18-13(4-2)21-14/h5-6,8H,3-4,7,9H2,1-2H3. The molecule has 0 aliphatic rings. The SMILES string of the molecule is CCCn1c(SCc2nnc(CC)o2)nc2cc(Cl)ccc21. The summed E-state index contributed by atoms with van der Waals surface area (Å²) in [6.07, 6.45) is 1.80. The van der Waals surface area contributed by atoms with Crippen LogP contribution in [0.4, 0.5) is 0 Å². The highest BCUT2D eigenvalue weighted by molar-refractivity contribution is 7.98. The molecule has 0 unspecified atom stereocenters. The minimum atomic E-state index is 0.619. The third-order valence-electron chi connectivity index (χ3n) is 3.26. The minimum Gasteiger partial charge on any atom is -0.424 e. The summed E-state index contributed by atoms with van der Waals surface area (Å²) in [4.78, 5) is 4.69. The molecule has 0 aliphatic carbocycles. The first-order valence-electron chi connectivity index (χ1n) is 7.31. The van der Waals surface area contributed by atoms with E-state index in [1.54, 1.807) is 11.8 Å². The van der Waals surface area contributed by atoms with E-state index in [1.165, 1.54) is 0 Å². The molecule has 0 aliphatic heterocycles. The van der Waals surface area contributed by atoms with Crippen LogP contribution < -0.4 is 0 Å². The third kappa shape index (κ3) is 3.13. The van der Waals surface area contributed by atoms with Crippen molar-refractivity contribution >= 4 is 34.4 Å². The second-order valence-electron chi connectivity index (χ2n) is 4.91. The van der Waals surface area contributed by atoms with Crippen LogP contribution in [0.15, 0.2) is 27.8 Å². The Morgan fingerprint density at radius 3 is 2.77 bits per heavy atom. The monoisotopic (exact) mass is 336 g/mol. The van der Waals surface area contributed by atoms with Crippen molar-refractivity contribution in [3.63, 3.8) is 0 Å². The van der Waals surface area contributed by atoms with Crippen molar-refractivity contribution in [2.75, 3.05) is 0 Å². The van der Waals surface area contributed by atoms with Gasteiger partial charge in [-0.2, -0.15) is 0 Å². The number of halogens is 1. The number of thioether (sulfide) groups is 1. The lowest BCUT2D eigenvalue weighted by molar-refractivity contribution is 0.469. The summed E-state index contributed by atoms with van der Waals surface area (Å²) in [5, 5.41) is 9.69. The molecule has 2 aromatic heterocycles. The highest BCUT2D eigenvalue weighted by Gasteiger charge is 2.13. The fourth-order valence-corrected chi connectivity index (χ4v) is 3.29. The van der Waals surface area contributed by atoms with Crippen molar-refractivity contribution in [3.05, 3.63) is 35.0 Å². The number of hydrogen-bond donors (Lipinski definition) is 0. The fraction of sp³-hybridized carbons (Fsp3) is 0.400. The van der Waals surface area contributed by atoms with Gasteiger partial charge < -0.3 is 8.98 Å². The number of nitrogens with zero attached hydrogens (tertiary/aromatic N) is 4. The fourth-order valence-electron chi connectivity index (χ4n) is 2.25. The van der Waals surface area contributed by atoms with Crippen LogP contribution in [0.25, 0.3) is 11.0 Å². The molecule has 5 nitrogen and oxygen atoms in total. The Hall–Kier alpha value is -1.53. The van der Waals surface area contributed by atoms with Crippen molar-refractivity contribution in [1.82, 2.24) is 19.7 Å². The number of benzene rings is 1. The zero-order valence-electron chi connectivity index (χ0n) is 12.5. The molecule has 2 heterocycles. The predicted molar refractivity (Wildman–Crippen MR) is 88.3 cm³/mol. The van der Waals surface area contributed by atoms with Crippen LogP contribution in [0, 0.1) is 0 Å². The Morgan fingerprint density at radius 2 is 2.05 bits per heavy atom. The number of aryl methyl sites for hydroxylation is 2. The van der Waals surface area contributed by atoms with Crippen LogP contribution in [0.3, 0.4) is 0 Å². The summed E-state index contributed by atoms with van der Waals surface area (Å²) >= 11 is 7.67. The molecule has 0 amide bonds. The van der Waals surface area contributed by atoms with E-state index >= 15 is 0 Å². The Labute approximate surface area is 138 Å². The predicted octanol–water partition coefficient (Wildman–Crippen LogP) is 4.34. The summed E-state index contributed by atoms with van der Waals surface area (Å²) in [6.45, 7) is 5.07. The largest absolute Gasteiger partial charge is 0.424 e. The lowest BCUT2D eigenvalue weighted by Gasteiger charge is -2.06. The molecule has 0 fully saturated rings. The molecule has 0 radical (unpaired) electrons. The molecule has 0 spiro atoms. The molecule has 0 saturated carbocycles. The lowest BCUT2D eigenvalue weighted by atomic mass is 10.3. The van der Waals surface area contributed by atoms with Gasteiger partial charge in [0.05, 0.1) is 16.8 Å². The summed E-state index contributed by atoms with van der Waals surface area (Å²) in [5.74, 6) is 1.92. The van der Waals surface area contributed by atoms with Gasteiger partial charge in [-0.1, -0.05) is 37.2 Å². The van der Waals surface area contributed by atoms with E-state index in [0.717, 1.165) is 35.6 Å². The van der Waals surface area contributed by atoms with E-state index < -0.39 is 0 Å². The van der Waals surface area contributed by atoms with Crippen molar-refractivity contribution in [2.24, 2.45) is 0 Å². The van der Waals surface area contributed by atoms with Gasteiger partial charge in [-0.3, -0.25) is 0 Å². The van der Waals surface area contributed by atoms with Gasteiger partial charge in [0.2, 0.25) is 11.8 Å². The molecule has 3 aromatic rings. The van der Waals surface area contributed by atoms with Crippen molar-refractivity contribution in [3.8, 4) is 0 Å². The van der Waals surface area contributed by atoms with Gasteiger partial charge in [0.25, 0.3) is 0 Å². The number of hydrogen-bond acceptors (Lipinski definition) is 5. The third-order valence-corrected chi connectivity index (χ3v) is 4.45. The van der Waals surface area contributed by atoms with Gasteiger partial charge in [-0.15, -0.1) is 10.2 Å². The van der Waals surface area contributed by atoms with Gasteiger partial charge in [0.15, 0.2) is 5.16 Å². The molecule has 0 atom stereocenters. The van der Waals surface area contributed by atoms with Crippen LogP contribution in [-0.2, 0) is 18.7 Å². The molecular formula is C15H17ClN4OS. The van der Waals surface area contributed by atoms with E-state index in [1.807, 2.05) is 25.1 Å². The van der Waals surface area contributed by atoms with Crippen LogP contribution in [0.5, 0.6) is 0 Å². The lowest BCUT2D eigenvalue weighted by Crippen LogP contribution is -1.98. The van der Waals surface area contributed by atoms with Crippen molar-refractivity contribution in [1.29, 1.82) is 0 Å². The van der Waals surface area contributed by atoms with E-state index in [-0.39, 0.29) is 0 Å². The van der Waals surface area contributed by atoms with Crippen LogP contribution in [0.1, 0.15) is 32.0 Å². The van der Waals surface area contributed by atoms with Crippen LogP contribution in [0.2, 0.25) is 5.02 Å². The Balaban J connectivity index is 1.86. The molecule has 3 rings (SSSR count). The second-order valence-corrected chi connectivity index (χ2v) is 6.29. The highest BCUT2D eigenvalue weighted by atomic mass is 35.5. The Bertz CT molecular complexity index is 783. The Kier molecular flexibility index (Phi) is 4.69. The molecule has 0 bridgehead atoms. The molecule has 1 aromatic carbocycles. The maximum atomic E-state index is 6.06. The highest BCUT2D eigenvalue weighted by Crippen LogP contribution is 2.28. The van der Waals surface area contributed by atoms with Crippen LogP contribution in [-0.4, -0.2) is 19.7 Å². The maximum Gasteiger partial charge on any atom is 0.226 e. The van der Waals surface area contributed by atoms with Gasteiger partial charge in [-0.05, 0) is 24.6 Å². The first kappa shape index (κ1) is 15.4. The molecule has 22 heavy (non-hydrogen) atoms. The average molecular weight is 337 g/mol. The number of fused-ring (bicyclic) bond motifs is 1. The Morgan fingerprint density at radius 1 is 1.23 bits per heavy atom. The zero-order chi connectivity index (χ0) is 15.5. The van der Waals surface area contributed by atoms with E-state index in [9.17, 15) is 0 Å². The molecular weight excluding hydrogens is 320 g/mol. The molecule has 0 N–H and O–H groups in total. The van der Waals surface area contributed by atoms with Crippen molar-refractivity contribution in [2.45, 2.75) is 44.1 Å². The van der Waals surface area contributed by atoms with Crippen molar-refractivity contribution < 1.29 is 4.42 Å². The number of rotatable bonds is 6. The molecule has 0 saturated heterocycles. The van der Waals surface area contributed by atoms with E-state index in [4.69, 9.17) is 16.0 Å². The molecule has 7 heteroatoms. The smallest absolute Gasteiger partial charge is 0.226 e. The number of imidazole rings is 1. The van der Waals surface area contributed by atoms with Gasteiger partial charge >= 0.3 is 0 Å². The van der Waals surface area contributed by atoms with E-state index in [2.05, 4.69) is 26.7 Å². The summed E-state index contributed by atoms with van der Waals surface area (Å²) in [7, 11) is 0. The van der Waals surface area contributed by atoms with Gasteiger partial charge in [0, 0.05) is 18.0 Å². The van der Waals surface area contributed by atoms with E-state index in [0.29, 0.717) is 22.6 Å². The second kappa shape index (κ2) is 6.71. The summed E-state index contributed by atoms with van der Waals surface area (Å²) < 4.78 is 7.76. The quantitative estimate of drug-likeness (QED) is 0.627. The first-order valence-corrected chi connectivity index (χ1v) is 8.67. The summed E-state index contributed by atoms with van der Waals surface area (Å²) in [5.41, 5.74) is 2.02. The van der Waals surface area contributed by atoms with Gasteiger partial charge in [0.1, 0.15) is 0 Å². The molecule has 116 valence electrons. The number of aromatic nitrogens is 4. The normalized spacial score (nSPS) is 11.4.